The topological polar surface area (TPSA) is 56.7 Å². The highest BCUT2D eigenvalue weighted by Crippen LogP contribution is 2.33. The predicted molar refractivity (Wildman–Crippen MR) is 73.2 cm³/mol. The maximum Gasteiger partial charge on any atom is 0.0997 e. The second-order valence-corrected chi connectivity index (χ2v) is 5.87. The van der Waals surface area contributed by atoms with Crippen molar-refractivity contribution >= 4 is 0 Å². The first-order valence-electron chi connectivity index (χ1n) is 7.34. The Morgan fingerprint density at radius 1 is 1.28 bits per heavy atom. The molecule has 4 nitrogen and oxygen atoms in total. The second kappa shape index (κ2) is 6.32. The summed E-state index contributed by atoms with van der Waals surface area (Å²) in [7, 11) is 0. The molecule has 0 amide bonds. The minimum absolute atomic E-state index is 0.521. The van der Waals surface area contributed by atoms with Crippen LogP contribution in [0.1, 0.15) is 69.7 Å². The van der Waals surface area contributed by atoms with Gasteiger partial charge in [0.25, 0.3) is 0 Å². The fourth-order valence-corrected chi connectivity index (χ4v) is 2.87. The average Bonchev–Trinajstić information content (AvgIpc) is 2.80. The van der Waals surface area contributed by atoms with E-state index in [2.05, 4.69) is 28.8 Å². The molecule has 0 atom stereocenters. The predicted octanol–water partition coefficient (Wildman–Crippen LogP) is 2.83. The van der Waals surface area contributed by atoms with Crippen LogP contribution in [0.4, 0.5) is 0 Å². The molecule has 1 fully saturated rings. The van der Waals surface area contributed by atoms with Gasteiger partial charge in [-0.05, 0) is 25.2 Å². The minimum atomic E-state index is 0.521. The normalized spacial score (nSPS) is 17.6. The van der Waals surface area contributed by atoms with Gasteiger partial charge in [-0.25, -0.2) is 4.68 Å². The Hall–Kier alpha value is -0.900. The van der Waals surface area contributed by atoms with Crippen molar-refractivity contribution in [2.24, 2.45) is 11.7 Å². The van der Waals surface area contributed by atoms with Crippen LogP contribution < -0.4 is 5.73 Å². The fourth-order valence-electron chi connectivity index (χ4n) is 2.87. The van der Waals surface area contributed by atoms with Crippen molar-refractivity contribution in [2.45, 2.75) is 71.4 Å². The molecule has 2 N–H and O–H groups in total. The summed E-state index contributed by atoms with van der Waals surface area (Å²) in [6, 6.07) is 0. The first-order valence-corrected chi connectivity index (χ1v) is 7.34. The lowest BCUT2D eigenvalue weighted by Crippen LogP contribution is -2.15. The van der Waals surface area contributed by atoms with E-state index in [1.54, 1.807) is 0 Å². The number of aryl methyl sites for hydroxylation is 1. The Morgan fingerprint density at radius 3 is 2.61 bits per heavy atom. The van der Waals surface area contributed by atoms with Gasteiger partial charge >= 0.3 is 0 Å². The van der Waals surface area contributed by atoms with Crippen LogP contribution in [0.25, 0.3) is 0 Å². The summed E-state index contributed by atoms with van der Waals surface area (Å²) in [6.07, 6.45) is 7.77. The third-order valence-corrected chi connectivity index (χ3v) is 3.95. The summed E-state index contributed by atoms with van der Waals surface area (Å²) in [5, 5.41) is 8.60. The molecule has 2 rings (SSSR count). The molecule has 1 aromatic rings. The summed E-state index contributed by atoms with van der Waals surface area (Å²) in [5.41, 5.74) is 8.16. The Labute approximate surface area is 110 Å². The Morgan fingerprint density at radius 2 is 2.00 bits per heavy atom. The van der Waals surface area contributed by atoms with Gasteiger partial charge in [-0.1, -0.05) is 38.3 Å². The van der Waals surface area contributed by atoms with Gasteiger partial charge in [0.1, 0.15) is 0 Å². The third-order valence-electron chi connectivity index (χ3n) is 3.95. The van der Waals surface area contributed by atoms with E-state index >= 15 is 0 Å². The first kappa shape index (κ1) is 13.5. The van der Waals surface area contributed by atoms with E-state index in [0.29, 0.717) is 18.4 Å². The number of aromatic nitrogens is 3. The van der Waals surface area contributed by atoms with Gasteiger partial charge in [0.15, 0.2) is 0 Å². The standard InChI is InChI=1S/C14H26N4/c1-11(2)8-9-18-14(13(10-15)16-17-18)12-6-4-3-5-7-12/h11-12H,3-10,15H2,1-2H3. The summed E-state index contributed by atoms with van der Waals surface area (Å²) < 4.78 is 2.12. The maximum absolute atomic E-state index is 5.81. The van der Waals surface area contributed by atoms with Gasteiger partial charge in [0.05, 0.1) is 11.4 Å². The van der Waals surface area contributed by atoms with Crippen molar-refractivity contribution in [3.63, 3.8) is 0 Å². The van der Waals surface area contributed by atoms with Gasteiger partial charge in [-0.2, -0.15) is 0 Å². The molecule has 102 valence electrons. The minimum Gasteiger partial charge on any atom is -0.325 e. The molecule has 4 heteroatoms. The zero-order valence-electron chi connectivity index (χ0n) is 11.7. The fraction of sp³-hybridized carbons (Fsp3) is 0.857. The summed E-state index contributed by atoms with van der Waals surface area (Å²) in [4.78, 5) is 0. The lowest BCUT2D eigenvalue weighted by molar-refractivity contribution is 0.398. The lowest BCUT2D eigenvalue weighted by Gasteiger charge is -2.23. The molecular weight excluding hydrogens is 224 g/mol. The van der Waals surface area contributed by atoms with E-state index in [0.717, 1.165) is 18.7 Å². The summed E-state index contributed by atoms with van der Waals surface area (Å²) in [6.45, 7) is 6.01. The van der Waals surface area contributed by atoms with E-state index in [9.17, 15) is 0 Å². The number of hydrogen-bond acceptors (Lipinski definition) is 3. The smallest absolute Gasteiger partial charge is 0.0997 e. The molecule has 18 heavy (non-hydrogen) atoms. The second-order valence-electron chi connectivity index (χ2n) is 5.87. The average molecular weight is 250 g/mol. The number of hydrogen-bond donors (Lipinski definition) is 1. The van der Waals surface area contributed by atoms with Crippen LogP contribution in [0.3, 0.4) is 0 Å². The zero-order valence-corrected chi connectivity index (χ0v) is 11.7. The number of rotatable bonds is 5. The van der Waals surface area contributed by atoms with Gasteiger partial charge in [0, 0.05) is 19.0 Å². The molecule has 0 radical (unpaired) electrons. The van der Waals surface area contributed by atoms with Gasteiger partial charge in [0.2, 0.25) is 0 Å². The van der Waals surface area contributed by atoms with Gasteiger partial charge in [-0.3, -0.25) is 0 Å². The maximum atomic E-state index is 5.81. The Kier molecular flexibility index (Phi) is 4.75. The first-order chi connectivity index (χ1) is 8.72. The Balaban J connectivity index is 2.15. The van der Waals surface area contributed by atoms with Gasteiger partial charge in [-0.15, -0.1) is 5.10 Å². The van der Waals surface area contributed by atoms with Crippen LogP contribution in [0.5, 0.6) is 0 Å². The van der Waals surface area contributed by atoms with Crippen molar-refractivity contribution in [2.75, 3.05) is 0 Å². The van der Waals surface area contributed by atoms with E-state index < -0.39 is 0 Å². The molecule has 1 aliphatic rings. The monoisotopic (exact) mass is 250 g/mol. The van der Waals surface area contributed by atoms with Crippen LogP contribution in [-0.2, 0) is 13.1 Å². The highest BCUT2D eigenvalue weighted by molar-refractivity contribution is 5.16. The SMILES string of the molecule is CC(C)CCn1nnc(CN)c1C1CCCCC1. The van der Waals surface area contributed by atoms with Crippen LogP contribution in [0, 0.1) is 5.92 Å². The van der Waals surface area contributed by atoms with Crippen LogP contribution in [0.15, 0.2) is 0 Å². The highest BCUT2D eigenvalue weighted by atomic mass is 15.4. The molecular formula is C14H26N4. The number of nitrogens with zero attached hydrogens (tertiary/aromatic N) is 3. The molecule has 1 saturated carbocycles. The van der Waals surface area contributed by atoms with E-state index in [4.69, 9.17) is 5.73 Å². The molecule has 0 bridgehead atoms. The molecule has 0 saturated heterocycles. The lowest BCUT2D eigenvalue weighted by atomic mass is 9.86. The summed E-state index contributed by atoms with van der Waals surface area (Å²) >= 11 is 0. The molecule has 0 aliphatic heterocycles. The highest BCUT2D eigenvalue weighted by Gasteiger charge is 2.23. The van der Waals surface area contributed by atoms with Crippen LogP contribution >= 0.6 is 0 Å². The quantitative estimate of drug-likeness (QED) is 0.874. The molecule has 0 aromatic carbocycles. The van der Waals surface area contributed by atoms with Crippen molar-refractivity contribution in [3.05, 3.63) is 11.4 Å². The molecule has 0 spiro atoms. The largest absolute Gasteiger partial charge is 0.325 e. The van der Waals surface area contributed by atoms with E-state index in [1.807, 2.05) is 0 Å². The van der Waals surface area contributed by atoms with Gasteiger partial charge < -0.3 is 5.73 Å². The van der Waals surface area contributed by atoms with Crippen molar-refractivity contribution in [1.82, 2.24) is 15.0 Å². The van der Waals surface area contributed by atoms with Crippen LogP contribution in [0.2, 0.25) is 0 Å². The van der Waals surface area contributed by atoms with Crippen molar-refractivity contribution in [3.8, 4) is 0 Å². The van der Waals surface area contributed by atoms with Crippen molar-refractivity contribution < 1.29 is 0 Å². The van der Waals surface area contributed by atoms with Crippen molar-refractivity contribution in [1.29, 1.82) is 0 Å². The van der Waals surface area contributed by atoms with E-state index in [1.165, 1.54) is 37.8 Å². The molecule has 1 heterocycles. The molecule has 1 aromatic heterocycles. The summed E-state index contributed by atoms with van der Waals surface area (Å²) in [5.74, 6) is 1.34. The molecule has 1 aliphatic carbocycles. The van der Waals surface area contributed by atoms with E-state index in [-0.39, 0.29) is 0 Å². The van der Waals surface area contributed by atoms with Crippen LogP contribution in [-0.4, -0.2) is 15.0 Å². The third kappa shape index (κ3) is 3.10. The molecule has 0 unspecified atom stereocenters. The number of nitrogens with two attached hydrogens (primary N) is 1. The zero-order chi connectivity index (χ0) is 13.0. The Bertz CT molecular complexity index is 364.